The van der Waals surface area contributed by atoms with Gasteiger partial charge in [0.15, 0.2) is 0 Å². The summed E-state index contributed by atoms with van der Waals surface area (Å²) in [5, 5.41) is 11.3. The number of rotatable bonds is 9. The average molecular weight is 452 g/mol. The maximum Gasteiger partial charge on any atom is 0.138 e. The van der Waals surface area contributed by atoms with Crippen LogP contribution in [0.1, 0.15) is 18.4 Å². The van der Waals surface area contributed by atoms with E-state index in [0.29, 0.717) is 41.6 Å². The third-order valence-electron chi connectivity index (χ3n) is 4.69. The lowest BCUT2D eigenvalue weighted by Gasteiger charge is -2.11. The van der Waals surface area contributed by atoms with Crippen molar-refractivity contribution in [2.24, 2.45) is 0 Å². The van der Waals surface area contributed by atoms with Crippen LogP contribution in [0.3, 0.4) is 0 Å². The fourth-order valence-electron chi connectivity index (χ4n) is 3.05. The van der Waals surface area contributed by atoms with E-state index < -0.39 is 6.10 Å². The molecule has 5 nitrogen and oxygen atoms in total. The molecule has 3 rings (SSSR count). The Morgan fingerprint density at radius 3 is 2.66 bits per heavy atom. The molecule has 0 radical (unpaired) electrons. The topological polar surface area (TPSA) is 70.2 Å². The fraction of sp³-hybridized carbons (Fsp3) is 0.286. The Balaban J connectivity index is 1.78. The van der Waals surface area contributed by atoms with E-state index in [-0.39, 0.29) is 0 Å². The third-order valence-corrected chi connectivity index (χ3v) is 5.60. The third kappa shape index (κ3) is 5.68. The lowest BCUT2D eigenvalue weighted by molar-refractivity contribution is 0.156. The number of aromatic amines is 1. The molecule has 0 aliphatic carbocycles. The van der Waals surface area contributed by atoms with Crippen molar-refractivity contribution in [3.05, 3.63) is 58.2 Å². The molecule has 1 unspecified atom stereocenters. The smallest absolute Gasteiger partial charge is 0.138 e. The number of hydrogen-bond donors (Lipinski definition) is 4. The summed E-state index contributed by atoms with van der Waals surface area (Å²) in [4.78, 5) is 7.85. The first-order valence-corrected chi connectivity index (χ1v) is 10.4. The zero-order valence-corrected chi connectivity index (χ0v) is 18.4. The minimum absolute atomic E-state index is 0.399. The number of nitrogens with zero attached hydrogens (tertiary/aromatic N) is 1. The molecule has 2 aromatic carbocycles. The van der Waals surface area contributed by atoms with Gasteiger partial charge in [-0.05, 0) is 55.2 Å². The minimum Gasteiger partial charge on any atom is -0.495 e. The molecule has 1 heterocycles. The summed E-state index contributed by atoms with van der Waals surface area (Å²) in [6.45, 7) is 0.655. The van der Waals surface area contributed by atoms with Crippen LogP contribution in [0.5, 0.6) is 5.75 Å². The number of H-pyrrole nitrogens is 1. The van der Waals surface area contributed by atoms with Crippen LogP contribution in [0.25, 0.3) is 22.6 Å². The highest BCUT2D eigenvalue weighted by molar-refractivity contribution is 7.78. The van der Waals surface area contributed by atoms with Gasteiger partial charge >= 0.3 is 0 Å². The van der Waals surface area contributed by atoms with Crippen LogP contribution in [-0.2, 0) is 6.42 Å². The van der Waals surface area contributed by atoms with Crippen molar-refractivity contribution in [1.82, 2.24) is 14.7 Å². The van der Waals surface area contributed by atoms with Crippen molar-refractivity contribution in [2.75, 3.05) is 13.7 Å². The molecule has 0 saturated carbocycles. The number of aliphatic hydroxyl groups excluding tert-OH is 1. The molecule has 0 saturated heterocycles. The number of ether oxygens (including phenoxy) is 1. The first-order valence-electron chi connectivity index (χ1n) is 9.24. The van der Waals surface area contributed by atoms with Crippen LogP contribution >= 0.6 is 36.0 Å². The standard InChI is InChI=1S/C21H23Cl2N3O2S/c1-28-20-11-14(3-7-18(20)23)19-12-24-21(26-19)15-4-6-17(22)13(10-15)2-5-16(27)8-9-25-29/h3-4,6-7,10-12,16,25,27,29H,2,5,8-9H2,1H3,(H,24,26). The van der Waals surface area contributed by atoms with Crippen LogP contribution in [-0.4, -0.2) is 34.8 Å². The Kier molecular flexibility index (Phi) is 7.86. The minimum atomic E-state index is -0.399. The summed E-state index contributed by atoms with van der Waals surface area (Å²) in [6.07, 6.45) is 3.34. The zero-order chi connectivity index (χ0) is 20.8. The van der Waals surface area contributed by atoms with Crippen LogP contribution in [0.4, 0.5) is 0 Å². The van der Waals surface area contributed by atoms with Gasteiger partial charge in [0.05, 0.1) is 30.1 Å². The molecule has 0 fully saturated rings. The molecule has 0 aliphatic rings. The van der Waals surface area contributed by atoms with E-state index in [1.54, 1.807) is 19.4 Å². The van der Waals surface area contributed by atoms with Gasteiger partial charge in [0, 0.05) is 22.7 Å². The lowest BCUT2D eigenvalue weighted by Crippen LogP contribution is -2.14. The highest BCUT2D eigenvalue weighted by Gasteiger charge is 2.11. The highest BCUT2D eigenvalue weighted by atomic mass is 35.5. The van der Waals surface area contributed by atoms with Crippen LogP contribution < -0.4 is 9.46 Å². The van der Waals surface area contributed by atoms with E-state index in [0.717, 1.165) is 28.2 Å². The summed E-state index contributed by atoms with van der Waals surface area (Å²) >= 11 is 16.4. The van der Waals surface area contributed by atoms with E-state index in [1.165, 1.54) is 0 Å². The monoisotopic (exact) mass is 451 g/mol. The second kappa shape index (κ2) is 10.4. The second-order valence-corrected chi connectivity index (χ2v) is 7.82. The fourth-order valence-corrected chi connectivity index (χ4v) is 3.59. The Morgan fingerprint density at radius 2 is 1.90 bits per heavy atom. The maximum atomic E-state index is 10.1. The molecule has 8 heteroatoms. The van der Waals surface area contributed by atoms with Crippen molar-refractivity contribution in [3.63, 3.8) is 0 Å². The number of hydrogen-bond acceptors (Lipinski definition) is 5. The van der Waals surface area contributed by atoms with Crippen LogP contribution in [0, 0.1) is 0 Å². The number of halogens is 2. The molecule has 0 bridgehead atoms. The highest BCUT2D eigenvalue weighted by Crippen LogP contribution is 2.31. The number of methoxy groups -OCH3 is 1. The van der Waals surface area contributed by atoms with Gasteiger partial charge in [-0.15, -0.1) is 0 Å². The molecule has 1 aromatic heterocycles. The summed E-state index contributed by atoms with van der Waals surface area (Å²) in [7, 11) is 1.59. The van der Waals surface area contributed by atoms with Gasteiger partial charge in [-0.2, -0.15) is 0 Å². The SMILES string of the molecule is COc1cc(-c2cnc(-c3ccc(Cl)c(CCC(O)CCNS)c3)[nH]2)ccc1Cl. The van der Waals surface area contributed by atoms with Gasteiger partial charge in [-0.3, -0.25) is 4.72 Å². The Labute approximate surface area is 186 Å². The van der Waals surface area contributed by atoms with Gasteiger partial charge in [0.2, 0.25) is 0 Å². The molecular weight excluding hydrogens is 429 g/mol. The van der Waals surface area contributed by atoms with Crippen molar-refractivity contribution in [3.8, 4) is 28.4 Å². The molecule has 3 N–H and O–H groups in total. The first kappa shape index (κ1) is 22.0. The number of aromatic nitrogens is 2. The van der Waals surface area contributed by atoms with E-state index >= 15 is 0 Å². The summed E-state index contributed by atoms with van der Waals surface area (Å²) < 4.78 is 8.03. The van der Waals surface area contributed by atoms with E-state index in [4.69, 9.17) is 27.9 Å². The Hall–Kier alpha value is -1.70. The summed E-state index contributed by atoms with van der Waals surface area (Å²) in [5.41, 5.74) is 3.71. The lowest BCUT2D eigenvalue weighted by atomic mass is 10.0. The number of benzene rings is 2. The van der Waals surface area contributed by atoms with Crippen LogP contribution in [0.15, 0.2) is 42.6 Å². The Morgan fingerprint density at radius 1 is 1.14 bits per heavy atom. The quantitative estimate of drug-likeness (QED) is 0.338. The number of nitrogens with one attached hydrogen (secondary N) is 2. The summed E-state index contributed by atoms with van der Waals surface area (Å²) in [5.74, 6) is 1.35. The molecule has 3 aromatic rings. The van der Waals surface area contributed by atoms with Crippen LogP contribution in [0.2, 0.25) is 10.0 Å². The van der Waals surface area contributed by atoms with Gasteiger partial charge in [0.25, 0.3) is 0 Å². The molecular formula is C21H23Cl2N3O2S. The van der Waals surface area contributed by atoms with Gasteiger partial charge in [-0.1, -0.05) is 42.1 Å². The Bertz CT molecular complexity index is 965. The van der Waals surface area contributed by atoms with E-state index in [2.05, 4.69) is 27.5 Å². The molecule has 0 aliphatic heterocycles. The first-order chi connectivity index (χ1) is 14.0. The normalized spacial score (nSPS) is 12.2. The largest absolute Gasteiger partial charge is 0.495 e. The number of aliphatic hydroxyl groups is 1. The van der Waals surface area contributed by atoms with Crippen molar-refractivity contribution >= 4 is 36.0 Å². The van der Waals surface area contributed by atoms with Crippen molar-refractivity contribution in [1.29, 1.82) is 0 Å². The number of aryl methyl sites for hydroxylation is 1. The number of imidazole rings is 1. The molecule has 154 valence electrons. The molecule has 1 atom stereocenters. The number of thiol groups is 1. The second-order valence-electron chi connectivity index (χ2n) is 6.69. The predicted molar refractivity (Wildman–Crippen MR) is 122 cm³/mol. The maximum absolute atomic E-state index is 10.1. The summed E-state index contributed by atoms with van der Waals surface area (Å²) in [6, 6.07) is 11.4. The molecule has 0 amide bonds. The van der Waals surface area contributed by atoms with Crippen molar-refractivity contribution in [2.45, 2.75) is 25.4 Å². The van der Waals surface area contributed by atoms with Gasteiger partial charge in [0.1, 0.15) is 11.6 Å². The van der Waals surface area contributed by atoms with E-state index in [9.17, 15) is 5.11 Å². The van der Waals surface area contributed by atoms with Crippen molar-refractivity contribution < 1.29 is 9.84 Å². The predicted octanol–water partition coefficient (Wildman–Crippen LogP) is 5.18. The molecule has 29 heavy (non-hydrogen) atoms. The molecule has 0 spiro atoms. The van der Waals surface area contributed by atoms with Gasteiger partial charge < -0.3 is 14.8 Å². The van der Waals surface area contributed by atoms with Gasteiger partial charge in [-0.25, -0.2) is 4.98 Å². The van der Waals surface area contributed by atoms with E-state index in [1.807, 2.05) is 30.3 Å². The average Bonchev–Trinajstić information content (AvgIpc) is 3.22. The zero-order valence-electron chi connectivity index (χ0n) is 16.0.